The second kappa shape index (κ2) is 6.85. The topological polar surface area (TPSA) is 67.3 Å². The average molecular weight is 271 g/mol. The number of hydrogen-bond acceptors (Lipinski definition) is 4. The smallest absolute Gasteiger partial charge is 0.179 e. The van der Waals surface area contributed by atoms with Crippen LogP contribution in [0.2, 0.25) is 0 Å². The summed E-state index contributed by atoms with van der Waals surface area (Å²) in [6, 6.07) is 1.71. The molecule has 0 radical (unpaired) electrons. The van der Waals surface area contributed by atoms with Crippen LogP contribution in [0.3, 0.4) is 0 Å². The molecule has 0 aliphatic rings. The van der Waals surface area contributed by atoms with Crippen molar-refractivity contribution in [1.29, 1.82) is 0 Å². The van der Waals surface area contributed by atoms with E-state index >= 15 is 0 Å². The van der Waals surface area contributed by atoms with E-state index in [-0.39, 0.29) is 18.3 Å². The normalized spacial score (nSPS) is 12.0. The standard InChI is InChI=1S/C13H21NO3S/c1-11(2)12-8-13(10-14-9-12)18(16,17)7-5-3-4-6-15/h8-11,15H,3-7H2,1-2H3. The number of hydrogen-bond donors (Lipinski definition) is 1. The number of sulfone groups is 1. The van der Waals surface area contributed by atoms with E-state index in [1.165, 1.54) is 6.20 Å². The number of pyridine rings is 1. The van der Waals surface area contributed by atoms with E-state index < -0.39 is 9.84 Å². The van der Waals surface area contributed by atoms with Crippen LogP contribution < -0.4 is 0 Å². The summed E-state index contributed by atoms with van der Waals surface area (Å²) in [5.41, 5.74) is 0.937. The molecule has 0 atom stereocenters. The molecule has 0 amide bonds. The summed E-state index contributed by atoms with van der Waals surface area (Å²) in [5.74, 6) is 0.387. The molecule has 1 rings (SSSR count). The molecule has 1 aromatic heterocycles. The monoisotopic (exact) mass is 271 g/mol. The fourth-order valence-corrected chi connectivity index (χ4v) is 2.98. The van der Waals surface area contributed by atoms with Crippen LogP contribution in [-0.2, 0) is 9.84 Å². The maximum Gasteiger partial charge on any atom is 0.179 e. The molecule has 0 fully saturated rings. The molecule has 18 heavy (non-hydrogen) atoms. The van der Waals surface area contributed by atoms with Gasteiger partial charge in [0.2, 0.25) is 0 Å². The van der Waals surface area contributed by atoms with Crippen LogP contribution in [0.5, 0.6) is 0 Å². The lowest BCUT2D eigenvalue weighted by Crippen LogP contribution is -2.08. The third kappa shape index (κ3) is 4.38. The van der Waals surface area contributed by atoms with Crippen molar-refractivity contribution in [3.8, 4) is 0 Å². The molecular formula is C13H21NO3S. The molecule has 0 aromatic carbocycles. The van der Waals surface area contributed by atoms with Gasteiger partial charge in [-0.2, -0.15) is 0 Å². The van der Waals surface area contributed by atoms with Crippen LogP contribution in [-0.4, -0.2) is 30.9 Å². The van der Waals surface area contributed by atoms with E-state index in [1.807, 2.05) is 13.8 Å². The number of aliphatic hydroxyl groups excluding tert-OH is 1. The van der Waals surface area contributed by atoms with Crippen molar-refractivity contribution in [2.75, 3.05) is 12.4 Å². The Balaban J connectivity index is 2.75. The van der Waals surface area contributed by atoms with Gasteiger partial charge in [0, 0.05) is 19.0 Å². The van der Waals surface area contributed by atoms with Crippen molar-refractivity contribution in [2.24, 2.45) is 0 Å². The fourth-order valence-electron chi connectivity index (χ4n) is 1.62. The molecule has 1 heterocycles. The Bertz CT molecular complexity index is 469. The van der Waals surface area contributed by atoms with Crippen LogP contribution >= 0.6 is 0 Å². The van der Waals surface area contributed by atoms with Crippen LogP contribution in [0, 0.1) is 0 Å². The van der Waals surface area contributed by atoms with Crippen molar-refractivity contribution in [3.63, 3.8) is 0 Å². The molecule has 0 saturated heterocycles. The number of nitrogens with zero attached hydrogens (tertiary/aromatic N) is 1. The van der Waals surface area contributed by atoms with E-state index in [0.29, 0.717) is 17.7 Å². The fraction of sp³-hybridized carbons (Fsp3) is 0.615. The van der Waals surface area contributed by atoms with Crippen molar-refractivity contribution in [2.45, 2.75) is 43.9 Å². The van der Waals surface area contributed by atoms with Gasteiger partial charge in [0.25, 0.3) is 0 Å². The third-order valence-electron chi connectivity index (χ3n) is 2.83. The van der Waals surface area contributed by atoms with Crippen LogP contribution in [0.25, 0.3) is 0 Å². The van der Waals surface area contributed by atoms with Crippen molar-refractivity contribution in [3.05, 3.63) is 24.0 Å². The molecule has 0 aliphatic heterocycles. The number of aliphatic hydroxyl groups is 1. The highest BCUT2D eigenvalue weighted by Gasteiger charge is 2.15. The number of rotatable bonds is 7. The first-order valence-electron chi connectivity index (χ1n) is 6.26. The molecule has 0 bridgehead atoms. The molecule has 1 N–H and O–H groups in total. The van der Waals surface area contributed by atoms with Crippen molar-refractivity contribution >= 4 is 9.84 Å². The van der Waals surface area contributed by atoms with Gasteiger partial charge in [0.05, 0.1) is 10.6 Å². The molecular weight excluding hydrogens is 250 g/mol. The first kappa shape index (κ1) is 15.1. The molecule has 1 aromatic rings. The lowest BCUT2D eigenvalue weighted by atomic mass is 10.1. The first-order valence-corrected chi connectivity index (χ1v) is 7.91. The molecule has 4 nitrogen and oxygen atoms in total. The Morgan fingerprint density at radius 1 is 1.22 bits per heavy atom. The summed E-state index contributed by atoms with van der Waals surface area (Å²) in [5, 5.41) is 8.65. The first-order chi connectivity index (χ1) is 8.47. The zero-order valence-corrected chi connectivity index (χ0v) is 11.8. The van der Waals surface area contributed by atoms with Gasteiger partial charge in [-0.25, -0.2) is 8.42 Å². The van der Waals surface area contributed by atoms with Crippen LogP contribution in [0.1, 0.15) is 44.6 Å². The Morgan fingerprint density at radius 2 is 1.94 bits per heavy atom. The largest absolute Gasteiger partial charge is 0.396 e. The minimum atomic E-state index is -3.24. The van der Waals surface area contributed by atoms with Gasteiger partial charge in [-0.3, -0.25) is 4.98 Å². The summed E-state index contributed by atoms with van der Waals surface area (Å²) < 4.78 is 24.1. The highest BCUT2D eigenvalue weighted by molar-refractivity contribution is 7.91. The lowest BCUT2D eigenvalue weighted by molar-refractivity contribution is 0.284. The predicted molar refractivity (Wildman–Crippen MR) is 71.3 cm³/mol. The Morgan fingerprint density at radius 3 is 2.56 bits per heavy atom. The minimum absolute atomic E-state index is 0.116. The van der Waals surface area contributed by atoms with E-state index in [4.69, 9.17) is 5.11 Å². The van der Waals surface area contributed by atoms with E-state index in [2.05, 4.69) is 4.98 Å². The molecule has 0 saturated carbocycles. The quantitative estimate of drug-likeness (QED) is 0.772. The molecule has 5 heteroatoms. The molecule has 102 valence electrons. The van der Waals surface area contributed by atoms with Gasteiger partial charge >= 0.3 is 0 Å². The average Bonchev–Trinajstić information content (AvgIpc) is 2.35. The van der Waals surface area contributed by atoms with Crippen LogP contribution in [0.15, 0.2) is 23.4 Å². The van der Waals surface area contributed by atoms with Gasteiger partial charge in [-0.1, -0.05) is 20.3 Å². The molecule has 0 unspecified atom stereocenters. The Kier molecular flexibility index (Phi) is 5.75. The van der Waals surface area contributed by atoms with Crippen LogP contribution in [0.4, 0.5) is 0 Å². The number of aromatic nitrogens is 1. The van der Waals surface area contributed by atoms with Gasteiger partial charge in [-0.15, -0.1) is 0 Å². The Labute approximate surface area is 109 Å². The summed E-state index contributed by atoms with van der Waals surface area (Å²) in [6.07, 6.45) is 5.07. The van der Waals surface area contributed by atoms with Gasteiger partial charge in [-0.05, 0) is 30.4 Å². The maximum atomic E-state index is 12.1. The van der Waals surface area contributed by atoms with Crippen molar-refractivity contribution < 1.29 is 13.5 Å². The zero-order valence-electron chi connectivity index (χ0n) is 11.0. The van der Waals surface area contributed by atoms with E-state index in [1.54, 1.807) is 12.3 Å². The lowest BCUT2D eigenvalue weighted by Gasteiger charge is -2.08. The summed E-state index contributed by atoms with van der Waals surface area (Å²) in [4.78, 5) is 4.30. The van der Waals surface area contributed by atoms with Crippen molar-refractivity contribution in [1.82, 2.24) is 4.98 Å². The SMILES string of the molecule is CC(C)c1cncc(S(=O)(=O)CCCCCO)c1. The minimum Gasteiger partial charge on any atom is -0.396 e. The maximum absolute atomic E-state index is 12.1. The molecule has 0 aliphatic carbocycles. The Hall–Kier alpha value is -0.940. The highest BCUT2D eigenvalue weighted by atomic mass is 32.2. The zero-order chi connectivity index (χ0) is 13.6. The van der Waals surface area contributed by atoms with Gasteiger partial charge in [0.1, 0.15) is 0 Å². The van der Waals surface area contributed by atoms with Gasteiger partial charge < -0.3 is 5.11 Å². The van der Waals surface area contributed by atoms with E-state index in [9.17, 15) is 8.42 Å². The second-order valence-electron chi connectivity index (χ2n) is 4.71. The number of unbranched alkanes of at least 4 members (excludes halogenated alkanes) is 2. The summed E-state index contributed by atoms with van der Waals surface area (Å²) in [6.45, 7) is 4.13. The second-order valence-corrected chi connectivity index (χ2v) is 6.82. The third-order valence-corrected chi connectivity index (χ3v) is 4.60. The van der Waals surface area contributed by atoms with Gasteiger partial charge in [0.15, 0.2) is 9.84 Å². The predicted octanol–water partition coefficient (Wildman–Crippen LogP) is 2.14. The van der Waals surface area contributed by atoms with E-state index in [0.717, 1.165) is 12.0 Å². The summed E-state index contributed by atoms with van der Waals surface area (Å²) in [7, 11) is -3.24. The molecule has 0 spiro atoms. The summed E-state index contributed by atoms with van der Waals surface area (Å²) >= 11 is 0. The highest BCUT2D eigenvalue weighted by Crippen LogP contribution is 2.18.